The van der Waals surface area contributed by atoms with Crippen LogP contribution < -0.4 is 11.1 Å². The van der Waals surface area contributed by atoms with Gasteiger partial charge in [0.2, 0.25) is 5.91 Å². The van der Waals surface area contributed by atoms with Gasteiger partial charge in [-0.3, -0.25) is 9.59 Å². The number of nitrogens with one attached hydrogen (secondary N) is 1. The van der Waals surface area contributed by atoms with Crippen molar-refractivity contribution in [3.8, 4) is 0 Å². The van der Waals surface area contributed by atoms with E-state index in [4.69, 9.17) is 5.73 Å². The van der Waals surface area contributed by atoms with Gasteiger partial charge in [-0.15, -0.1) is 23.7 Å². The van der Waals surface area contributed by atoms with Crippen LogP contribution in [0.3, 0.4) is 0 Å². The smallest absolute Gasteiger partial charge is 0.263 e. The molecule has 24 heavy (non-hydrogen) atoms. The molecule has 3 N–H and O–H groups in total. The lowest BCUT2D eigenvalue weighted by atomic mass is 10.1. The molecule has 7 heteroatoms. The summed E-state index contributed by atoms with van der Waals surface area (Å²) in [5, 5.41) is 4.76. The number of thiophene rings is 1. The fraction of sp³-hybridized carbons (Fsp3) is 0.294. The molecule has 2 aromatic rings. The molecule has 1 atom stereocenters. The maximum absolute atomic E-state index is 12.3. The number of nitrogens with two attached hydrogens (primary N) is 1. The van der Waals surface area contributed by atoms with Gasteiger partial charge in [0.05, 0.1) is 4.88 Å². The topological polar surface area (TPSA) is 75.4 Å². The third kappa shape index (κ3) is 5.06. The SMILES string of the molecule is CC(CN)C(=O)Nc1ccccc1CN(C)C(=O)c1cccs1.Cl. The lowest BCUT2D eigenvalue weighted by molar-refractivity contribution is -0.119. The van der Waals surface area contributed by atoms with Gasteiger partial charge in [0.25, 0.3) is 5.91 Å². The highest BCUT2D eigenvalue weighted by Crippen LogP contribution is 2.19. The zero-order valence-corrected chi connectivity index (χ0v) is 15.3. The van der Waals surface area contributed by atoms with E-state index in [9.17, 15) is 9.59 Å². The Bertz CT molecular complexity index is 676. The quantitative estimate of drug-likeness (QED) is 0.824. The van der Waals surface area contributed by atoms with Crippen LogP contribution in [0.25, 0.3) is 0 Å². The monoisotopic (exact) mass is 367 g/mol. The van der Waals surface area contributed by atoms with Gasteiger partial charge in [-0.25, -0.2) is 0 Å². The number of hydrogen-bond acceptors (Lipinski definition) is 4. The minimum atomic E-state index is -0.256. The van der Waals surface area contributed by atoms with Crippen molar-refractivity contribution in [2.45, 2.75) is 13.5 Å². The second-order valence-electron chi connectivity index (χ2n) is 5.42. The fourth-order valence-electron chi connectivity index (χ4n) is 2.06. The average Bonchev–Trinajstić information content (AvgIpc) is 3.09. The summed E-state index contributed by atoms with van der Waals surface area (Å²) in [5.41, 5.74) is 7.12. The summed E-state index contributed by atoms with van der Waals surface area (Å²) in [4.78, 5) is 26.7. The predicted molar refractivity (Wildman–Crippen MR) is 101 cm³/mol. The molecule has 1 unspecified atom stereocenters. The molecule has 0 saturated heterocycles. The molecule has 0 aliphatic carbocycles. The van der Waals surface area contributed by atoms with Crippen LogP contribution in [0.4, 0.5) is 5.69 Å². The first-order valence-corrected chi connectivity index (χ1v) is 8.28. The number of carbonyl (C=O) groups excluding carboxylic acids is 2. The highest BCUT2D eigenvalue weighted by Gasteiger charge is 2.16. The van der Waals surface area contributed by atoms with Gasteiger partial charge in [-0.05, 0) is 23.1 Å². The number of carbonyl (C=O) groups is 2. The fourth-order valence-corrected chi connectivity index (χ4v) is 2.78. The molecule has 1 aromatic carbocycles. The molecule has 1 heterocycles. The number of nitrogens with zero attached hydrogens (tertiary/aromatic N) is 1. The van der Waals surface area contributed by atoms with Crippen molar-refractivity contribution >= 4 is 41.2 Å². The van der Waals surface area contributed by atoms with E-state index in [2.05, 4.69) is 5.32 Å². The Hall–Kier alpha value is -1.89. The Labute approximate surface area is 152 Å². The summed E-state index contributed by atoms with van der Waals surface area (Å²) in [6.07, 6.45) is 0. The molecule has 2 rings (SSSR count). The highest BCUT2D eigenvalue weighted by atomic mass is 35.5. The van der Waals surface area contributed by atoms with Crippen LogP contribution >= 0.6 is 23.7 Å². The largest absolute Gasteiger partial charge is 0.337 e. The van der Waals surface area contributed by atoms with Crippen molar-refractivity contribution in [2.75, 3.05) is 18.9 Å². The van der Waals surface area contributed by atoms with Gasteiger partial charge in [0.1, 0.15) is 0 Å². The Balaban J connectivity index is 0.00000288. The van der Waals surface area contributed by atoms with Gasteiger partial charge in [-0.2, -0.15) is 0 Å². The third-order valence-electron chi connectivity index (χ3n) is 3.56. The Morgan fingerprint density at radius 2 is 1.96 bits per heavy atom. The zero-order valence-electron chi connectivity index (χ0n) is 13.7. The summed E-state index contributed by atoms with van der Waals surface area (Å²) >= 11 is 1.42. The minimum absolute atomic E-state index is 0. The molecular weight excluding hydrogens is 346 g/mol. The van der Waals surface area contributed by atoms with Gasteiger partial charge >= 0.3 is 0 Å². The molecule has 2 amide bonds. The summed E-state index contributed by atoms with van der Waals surface area (Å²) in [7, 11) is 1.75. The van der Waals surface area contributed by atoms with Crippen molar-refractivity contribution < 1.29 is 9.59 Å². The Kier molecular flexibility index (Phi) is 7.91. The Morgan fingerprint density at radius 3 is 2.58 bits per heavy atom. The van der Waals surface area contributed by atoms with Gasteiger partial charge in [-0.1, -0.05) is 31.2 Å². The van der Waals surface area contributed by atoms with E-state index in [-0.39, 0.29) is 30.1 Å². The van der Waals surface area contributed by atoms with Crippen LogP contribution in [-0.2, 0) is 11.3 Å². The molecule has 0 aliphatic rings. The number of hydrogen-bond donors (Lipinski definition) is 2. The van der Waals surface area contributed by atoms with Crippen LogP contribution in [0, 0.1) is 5.92 Å². The zero-order chi connectivity index (χ0) is 16.8. The predicted octanol–water partition coefficient (Wildman–Crippen LogP) is 2.98. The molecule has 0 radical (unpaired) electrons. The second-order valence-corrected chi connectivity index (χ2v) is 6.37. The van der Waals surface area contributed by atoms with Crippen LogP contribution in [0.5, 0.6) is 0 Å². The number of benzene rings is 1. The molecule has 130 valence electrons. The normalized spacial score (nSPS) is 11.3. The summed E-state index contributed by atoms with van der Waals surface area (Å²) in [5.74, 6) is -0.405. The Morgan fingerprint density at radius 1 is 1.25 bits per heavy atom. The van der Waals surface area contributed by atoms with Crippen molar-refractivity contribution in [3.05, 3.63) is 52.2 Å². The molecule has 1 aromatic heterocycles. The lowest BCUT2D eigenvalue weighted by Gasteiger charge is -2.19. The first-order chi connectivity index (χ1) is 11.0. The van der Waals surface area contributed by atoms with E-state index in [1.54, 1.807) is 24.9 Å². The number of halogens is 1. The van der Waals surface area contributed by atoms with Crippen LogP contribution in [-0.4, -0.2) is 30.3 Å². The van der Waals surface area contributed by atoms with Crippen molar-refractivity contribution in [1.29, 1.82) is 0 Å². The molecule has 0 fully saturated rings. The summed E-state index contributed by atoms with van der Waals surface area (Å²) < 4.78 is 0. The van der Waals surface area contributed by atoms with Crippen LogP contribution in [0.2, 0.25) is 0 Å². The second kappa shape index (κ2) is 9.42. The maximum Gasteiger partial charge on any atom is 0.263 e. The number of para-hydroxylation sites is 1. The first kappa shape index (κ1) is 20.2. The molecule has 0 aliphatic heterocycles. The van der Waals surface area contributed by atoms with Crippen molar-refractivity contribution in [2.24, 2.45) is 11.7 Å². The highest BCUT2D eigenvalue weighted by molar-refractivity contribution is 7.12. The summed E-state index contributed by atoms with van der Waals surface area (Å²) in [6.45, 7) is 2.50. The first-order valence-electron chi connectivity index (χ1n) is 7.40. The van der Waals surface area contributed by atoms with E-state index in [0.717, 1.165) is 5.56 Å². The molecule has 0 spiro atoms. The third-order valence-corrected chi connectivity index (χ3v) is 4.42. The number of amides is 2. The van der Waals surface area contributed by atoms with E-state index >= 15 is 0 Å². The lowest BCUT2D eigenvalue weighted by Crippen LogP contribution is -2.28. The van der Waals surface area contributed by atoms with Crippen LogP contribution in [0.1, 0.15) is 22.2 Å². The molecule has 0 bridgehead atoms. The molecule has 0 saturated carbocycles. The van der Waals surface area contributed by atoms with Crippen LogP contribution in [0.15, 0.2) is 41.8 Å². The summed E-state index contributed by atoms with van der Waals surface area (Å²) in [6, 6.07) is 11.1. The van der Waals surface area contributed by atoms with E-state index in [1.165, 1.54) is 11.3 Å². The molecule has 5 nitrogen and oxygen atoms in total. The standard InChI is InChI=1S/C17H21N3O2S.ClH/c1-12(10-18)16(21)19-14-7-4-3-6-13(14)11-20(2)17(22)15-8-5-9-23-15;/h3-9,12H,10-11,18H2,1-2H3,(H,19,21);1H. The van der Waals surface area contributed by atoms with E-state index in [1.807, 2.05) is 35.7 Å². The van der Waals surface area contributed by atoms with Crippen molar-refractivity contribution in [3.63, 3.8) is 0 Å². The number of anilines is 1. The minimum Gasteiger partial charge on any atom is -0.337 e. The van der Waals surface area contributed by atoms with Gasteiger partial charge in [0, 0.05) is 31.7 Å². The van der Waals surface area contributed by atoms with E-state index in [0.29, 0.717) is 23.7 Å². The molecular formula is C17H22ClN3O2S. The van der Waals surface area contributed by atoms with Gasteiger partial charge < -0.3 is 16.0 Å². The number of rotatable bonds is 6. The van der Waals surface area contributed by atoms with Gasteiger partial charge in [0.15, 0.2) is 0 Å². The average molecular weight is 368 g/mol. The van der Waals surface area contributed by atoms with E-state index < -0.39 is 0 Å². The maximum atomic E-state index is 12.3. The van der Waals surface area contributed by atoms with Crippen molar-refractivity contribution in [1.82, 2.24) is 4.90 Å².